The molecule has 1 amide bonds. The minimum Gasteiger partial charge on any atom is -0.475 e. The van der Waals surface area contributed by atoms with Crippen molar-refractivity contribution < 1.29 is 41.0 Å². The first-order valence-electron chi connectivity index (χ1n) is 11.5. The Morgan fingerprint density at radius 3 is 2.30 bits per heavy atom. The Hall–Kier alpha value is -2.98. The fourth-order valence-corrected chi connectivity index (χ4v) is 5.76. The predicted octanol–water partition coefficient (Wildman–Crippen LogP) is 1.20. The zero-order valence-electron chi connectivity index (χ0n) is 20.6. The number of carboxylic acids is 1. The second kappa shape index (κ2) is 10.8. The smallest absolute Gasteiger partial charge is 0.475 e. The number of halogens is 3. The summed E-state index contributed by atoms with van der Waals surface area (Å²) in [5, 5.41) is 7.17. The first-order chi connectivity index (χ1) is 17.2. The van der Waals surface area contributed by atoms with E-state index < -0.39 is 33.9 Å². The van der Waals surface area contributed by atoms with Gasteiger partial charge in [0.2, 0.25) is 0 Å². The Labute approximate surface area is 211 Å². The lowest BCUT2D eigenvalue weighted by molar-refractivity contribution is -0.192. The van der Waals surface area contributed by atoms with Gasteiger partial charge in [0.1, 0.15) is 11.4 Å². The summed E-state index contributed by atoms with van der Waals surface area (Å²) in [6, 6.07) is 0. The predicted molar refractivity (Wildman–Crippen MR) is 122 cm³/mol. The monoisotopic (exact) mass is 550 g/mol. The fourth-order valence-electron chi connectivity index (χ4n) is 4.35. The number of aliphatic carboxylic acids is 1. The molecule has 2 aromatic heterocycles. The molecule has 1 unspecified atom stereocenters. The van der Waals surface area contributed by atoms with Crippen LogP contribution in [0.3, 0.4) is 0 Å². The molecule has 0 aliphatic carbocycles. The second-order valence-electron chi connectivity index (χ2n) is 8.60. The summed E-state index contributed by atoms with van der Waals surface area (Å²) < 4.78 is 69.0. The number of sulfonamides is 1. The maximum atomic E-state index is 13.0. The SMILES string of the molecule is CCN(CC)C(=O)C1Cn2ccnc2C2(CCN(S(=O)(=O)c3cn(C)cn3)CC2)O1.O=C(O)C(F)(F)F. The lowest BCUT2D eigenvalue weighted by Crippen LogP contribution is -2.55. The van der Waals surface area contributed by atoms with Crippen molar-refractivity contribution >= 4 is 21.9 Å². The van der Waals surface area contributed by atoms with Crippen LogP contribution in [0.2, 0.25) is 0 Å². The molecule has 12 nitrogen and oxygen atoms in total. The van der Waals surface area contributed by atoms with Crippen LogP contribution in [-0.2, 0) is 43.5 Å². The molecule has 2 aromatic rings. The van der Waals surface area contributed by atoms with Gasteiger partial charge in [-0.3, -0.25) is 4.79 Å². The van der Waals surface area contributed by atoms with E-state index in [0.29, 0.717) is 32.5 Å². The number of alkyl halides is 3. The zero-order chi connectivity index (χ0) is 27.6. The number of nitrogens with zero attached hydrogens (tertiary/aromatic N) is 6. The van der Waals surface area contributed by atoms with E-state index in [1.807, 2.05) is 24.6 Å². The molecule has 0 aromatic carbocycles. The highest BCUT2D eigenvalue weighted by molar-refractivity contribution is 7.89. The normalized spacial score (nSPS) is 19.6. The highest BCUT2D eigenvalue weighted by atomic mass is 32.2. The van der Waals surface area contributed by atoms with Crippen LogP contribution in [0.4, 0.5) is 13.2 Å². The molecule has 0 radical (unpaired) electrons. The quantitative estimate of drug-likeness (QED) is 0.586. The van der Waals surface area contributed by atoms with Crippen LogP contribution in [0.25, 0.3) is 0 Å². The van der Waals surface area contributed by atoms with E-state index in [-0.39, 0.29) is 24.0 Å². The van der Waals surface area contributed by atoms with E-state index in [0.717, 1.165) is 5.82 Å². The number of likely N-dealkylation sites (N-methyl/N-ethyl adjacent to an activating group) is 1. The molecule has 1 fully saturated rings. The van der Waals surface area contributed by atoms with Crippen LogP contribution in [0, 0.1) is 0 Å². The molecular weight excluding hydrogens is 521 g/mol. The molecular formula is C21H29F3N6O6S. The standard InChI is InChI=1S/C19H28N6O4S.C2HF3O2/c1-4-23(5-2)17(26)15-12-24-11-8-20-18(24)19(29-15)6-9-25(10-7-19)30(27,28)16-13-22(3)14-21-16;3-2(4,5)1(6)7/h8,11,13-15H,4-7,9-10,12H2,1-3H3;(H,6,7). The van der Waals surface area contributed by atoms with Crippen molar-refractivity contribution in [2.45, 2.75) is 56.1 Å². The molecule has 37 heavy (non-hydrogen) atoms. The number of aryl methyl sites for hydroxylation is 1. The van der Waals surface area contributed by atoms with Gasteiger partial charge in [0, 0.05) is 51.8 Å². The lowest BCUT2D eigenvalue weighted by atomic mass is 9.89. The van der Waals surface area contributed by atoms with E-state index in [4.69, 9.17) is 14.6 Å². The largest absolute Gasteiger partial charge is 0.490 e. The Balaban J connectivity index is 0.000000479. The molecule has 206 valence electrons. The highest BCUT2D eigenvalue weighted by Crippen LogP contribution is 2.41. The summed E-state index contributed by atoms with van der Waals surface area (Å²) in [6.45, 7) is 6.11. The number of carbonyl (C=O) groups excluding carboxylic acids is 1. The summed E-state index contributed by atoms with van der Waals surface area (Å²) in [7, 11) is -1.93. The van der Waals surface area contributed by atoms with Gasteiger partial charge in [-0.2, -0.15) is 17.5 Å². The Morgan fingerprint density at radius 1 is 1.22 bits per heavy atom. The molecule has 16 heteroatoms. The van der Waals surface area contributed by atoms with Crippen LogP contribution in [0.1, 0.15) is 32.5 Å². The summed E-state index contributed by atoms with van der Waals surface area (Å²) in [4.78, 5) is 32.1. The van der Waals surface area contributed by atoms with Crippen molar-refractivity contribution in [2.24, 2.45) is 7.05 Å². The van der Waals surface area contributed by atoms with Crippen LogP contribution in [-0.4, -0.2) is 92.2 Å². The van der Waals surface area contributed by atoms with Gasteiger partial charge in [-0.15, -0.1) is 0 Å². The highest BCUT2D eigenvalue weighted by Gasteiger charge is 2.49. The molecule has 4 heterocycles. The van der Waals surface area contributed by atoms with Crippen molar-refractivity contribution in [2.75, 3.05) is 26.2 Å². The molecule has 0 bridgehead atoms. The van der Waals surface area contributed by atoms with Gasteiger partial charge >= 0.3 is 12.1 Å². The van der Waals surface area contributed by atoms with E-state index in [1.54, 1.807) is 22.7 Å². The summed E-state index contributed by atoms with van der Waals surface area (Å²) in [5.41, 5.74) is -0.772. The van der Waals surface area contributed by atoms with Gasteiger partial charge in [-0.1, -0.05) is 0 Å². The third-order valence-corrected chi connectivity index (χ3v) is 8.05. The number of carboxylic acid groups (broad SMARTS) is 1. The Morgan fingerprint density at radius 2 is 1.81 bits per heavy atom. The number of aromatic nitrogens is 4. The Kier molecular flexibility index (Phi) is 8.34. The number of carbonyl (C=O) groups is 2. The number of rotatable bonds is 5. The van der Waals surface area contributed by atoms with Gasteiger partial charge in [0.05, 0.1) is 12.9 Å². The summed E-state index contributed by atoms with van der Waals surface area (Å²) in [6.07, 6.45) is 1.72. The van der Waals surface area contributed by atoms with E-state index >= 15 is 0 Å². The van der Waals surface area contributed by atoms with E-state index in [2.05, 4.69) is 9.97 Å². The maximum Gasteiger partial charge on any atom is 0.490 e. The minimum absolute atomic E-state index is 0.0396. The molecule has 4 rings (SSSR count). The lowest BCUT2D eigenvalue weighted by Gasteiger charge is -2.45. The minimum atomic E-state index is -5.08. The van der Waals surface area contributed by atoms with Crippen molar-refractivity contribution in [1.82, 2.24) is 28.3 Å². The molecule has 1 spiro atoms. The molecule has 1 saturated heterocycles. The number of hydrogen-bond donors (Lipinski definition) is 1. The van der Waals surface area contributed by atoms with Crippen LogP contribution in [0.15, 0.2) is 29.9 Å². The third-order valence-electron chi connectivity index (χ3n) is 6.26. The number of fused-ring (bicyclic) bond motifs is 2. The van der Waals surface area contributed by atoms with E-state index in [9.17, 15) is 26.4 Å². The molecule has 2 aliphatic heterocycles. The summed E-state index contributed by atoms with van der Waals surface area (Å²) in [5.74, 6) is -2.03. The average Bonchev–Trinajstić information content (AvgIpc) is 3.50. The molecule has 0 saturated carbocycles. The molecule has 1 N–H and O–H groups in total. The van der Waals surface area contributed by atoms with Crippen LogP contribution >= 0.6 is 0 Å². The van der Waals surface area contributed by atoms with Crippen molar-refractivity contribution in [3.05, 3.63) is 30.7 Å². The summed E-state index contributed by atoms with van der Waals surface area (Å²) >= 11 is 0. The number of hydrogen-bond acceptors (Lipinski definition) is 7. The maximum absolute atomic E-state index is 13.0. The van der Waals surface area contributed by atoms with Gasteiger partial charge < -0.3 is 23.9 Å². The first kappa shape index (κ1) is 28.6. The van der Waals surface area contributed by atoms with Crippen molar-refractivity contribution in [3.63, 3.8) is 0 Å². The average molecular weight is 551 g/mol. The number of amides is 1. The van der Waals surface area contributed by atoms with Crippen LogP contribution in [0.5, 0.6) is 0 Å². The van der Waals surface area contributed by atoms with Gasteiger partial charge in [-0.25, -0.2) is 23.2 Å². The zero-order valence-corrected chi connectivity index (χ0v) is 21.4. The molecule has 1 atom stereocenters. The van der Waals surface area contributed by atoms with E-state index in [1.165, 1.54) is 16.8 Å². The second-order valence-corrected chi connectivity index (χ2v) is 10.5. The topological polar surface area (TPSA) is 140 Å². The number of ether oxygens (including phenoxy) is 1. The fraction of sp³-hybridized carbons (Fsp3) is 0.619. The number of piperidine rings is 1. The van der Waals surface area contributed by atoms with Gasteiger partial charge in [0.15, 0.2) is 11.1 Å². The molecule has 2 aliphatic rings. The van der Waals surface area contributed by atoms with Gasteiger partial charge in [0.25, 0.3) is 15.9 Å². The third kappa shape index (κ3) is 5.96. The van der Waals surface area contributed by atoms with Crippen molar-refractivity contribution in [3.8, 4) is 0 Å². The van der Waals surface area contributed by atoms with Crippen LogP contribution < -0.4 is 0 Å². The first-order valence-corrected chi connectivity index (χ1v) is 13.0. The number of imidazole rings is 2. The van der Waals surface area contributed by atoms with Gasteiger partial charge in [-0.05, 0) is 26.7 Å². The van der Waals surface area contributed by atoms with Crippen molar-refractivity contribution in [1.29, 1.82) is 0 Å². The Bertz CT molecular complexity index is 1220.